The Balaban J connectivity index is 2.00. The number of allylic oxidation sites excluding steroid dienone is 12. The molecule has 1 atom stereocenters. The second kappa shape index (κ2) is 3.95. The highest BCUT2D eigenvalue weighted by atomic mass is 35.5. The van der Waals surface area contributed by atoms with Crippen molar-refractivity contribution in [2.45, 2.75) is 5.38 Å². The fourth-order valence-electron chi connectivity index (χ4n) is 2.51. The van der Waals surface area contributed by atoms with Gasteiger partial charge in [0.1, 0.15) is 0 Å². The van der Waals surface area contributed by atoms with Crippen LogP contribution in [0.2, 0.25) is 0 Å². The van der Waals surface area contributed by atoms with E-state index in [1.807, 2.05) is 0 Å². The second-order valence-corrected chi connectivity index (χ2v) is 4.73. The van der Waals surface area contributed by atoms with Gasteiger partial charge in [0.15, 0.2) is 0 Å². The molecule has 0 fully saturated rings. The molecule has 0 aliphatic heterocycles. The highest BCUT2D eigenvalue weighted by Gasteiger charge is 2.27. The zero-order valence-electron chi connectivity index (χ0n) is 8.88. The van der Waals surface area contributed by atoms with Crippen LogP contribution in [-0.4, -0.2) is 5.38 Å². The Kier molecular flexibility index (Phi) is 2.45. The average Bonchev–Trinajstić information content (AvgIpc) is 2.96. The van der Waals surface area contributed by atoms with Gasteiger partial charge in [-0.15, -0.1) is 11.6 Å². The lowest BCUT2D eigenvalue weighted by atomic mass is 9.90. The smallest absolute Gasteiger partial charge is 0.0744 e. The van der Waals surface area contributed by atoms with Crippen LogP contribution in [-0.2, 0) is 0 Å². The first-order valence-corrected chi connectivity index (χ1v) is 6.06. The first-order valence-electron chi connectivity index (χ1n) is 5.62. The third kappa shape index (κ3) is 1.54. The van der Waals surface area contributed by atoms with Gasteiger partial charge < -0.3 is 0 Å². The van der Waals surface area contributed by atoms with Crippen LogP contribution in [0, 0.1) is 11.8 Å². The summed E-state index contributed by atoms with van der Waals surface area (Å²) in [7, 11) is 0. The zero-order chi connectivity index (χ0) is 11.0. The predicted molar refractivity (Wildman–Crippen MR) is 69.3 cm³/mol. The monoisotopic (exact) mass is 228 g/mol. The summed E-state index contributed by atoms with van der Waals surface area (Å²) in [6.45, 7) is 0. The molecule has 1 heteroatoms. The summed E-state index contributed by atoms with van der Waals surface area (Å²) in [6, 6.07) is 0. The Morgan fingerprint density at radius 1 is 0.750 bits per heavy atom. The molecule has 0 nitrogen and oxygen atoms in total. The maximum Gasteiger partial charge on any atom is 0.0744 e. The van der Waals surface area contributed by atoms with E-state index >= 15 is 0 Å². The van der Waals surface area contributed by atoms with E-state index in [0.29, 0.717) is 11.8 Å². The molecule has 0 aromatic carbocycles. The molecule has 0 aromatic heterocycles. The van der Waals surface area contributed by atoms with Gasteiger partial charge in [-0.2, -0.15) is 0 Å². The molecular weight excluding hydrogens is 216 g/mol. The molecule has 0 N–H and O–H groups in total. The fourth-order valence-corrected chi connectivity index (χ4v) is 2.85. The van der Waals surface area contributed by atoms with Crippen molar-refractivity contribution in [3.63, 3.8) is 0 Å². The van der Waals surface area contributed by atoms with Gasteiger partial charge in [-0.25, -0.2) is 0 Å². The first kappa shape index (κ1) is 9.92. The summed E-state index contributed by atoms with van der Waals surface area (Å²) in [6.07, 6.45) is 21.5. The quantitative estimate of drug-likeness (QED) is 0.628. The predicted octanol–water partition coefficient (Wildman–Crippen LogP) is 3.94. The molecule has 0 spiro atoms. The van der Waals surface area contributed by atoms with Gasteiger partial charge in [0.2, 0.25) is 0 Å². The highest BCUT2D eigenvalue weighted by Crippen LogP contribution is 2.38. The Hall–Kier alpha value is -1.27. The van der Waals surface area contributed by atoms with Crippen LogP contribution in [0.4, 0.5) is 0 Å². The summed E-state index contributed by atoms with van der Waals surface area (Å²) < 4.78 is 0. The summed E-state index contributed by atoms with van der Waals surface area (Å²) in [4.78, 5) is 0. The lowest BCUT2D eigenvalue weighted by Gasteiger charge is -2.17. The molecule has 0 radical (unpaired) electrons. The van der Waals surface area contributed by atoms with E-state index in [1.54, 1.807) is 0 Å². The van der Waals surface area contributed by atoms with E-state index in [9.17, 15) is 0 Å². The maximum atomic E-state index is 6.37. The molecule has 3 aliphatic carbocycles. The van der Waals surface area contributed by atoms with E-state index in [0.717, 1.165) is 0 Å². The van der Waals surface area contributed by atoms with Gasteiger partial charge in [-0.3, -0.25) is 0 Å². The van der Waals surface area contributed by atoms with Crippen molar-refractivity contribution in [1.82, 2.24) is 0 Å². The summed E-state index contributed by atoms with van der Waals surface area (Å²) in [5.74, 6) is 0.798. The van der Waals surface area contributed by atoms with Crippen LogP contribution in [0.1, 0.15) is 0 Å². The molecule has 80 valence electrons. The Labute approximate surface area is 101 Å². The van der Waals surface area contributed by atoms with Gasteiger partial charge in [0, 0.05) is 11.8 Å². The lowest BCUT2D eigenvalue weighted by molar-refractivity contribution is 0.892. The molecular formula is C15H13Cl. The van der Waals surface area contributed by atoms with E-state index < -0.39 is 0 Å². The van der Waals surface area contributed by atoms with Crippen molar-refractivity contribution in [2.75, 3.05) is 0 Å². The molecule has 0 bridgehead atoms. The van der Waals surface area contributed by atoms with Crippen LogP contribution in [0.15, 0.2) is 71.9 Å². The maximum absolute atomic E-state index is 6.37. The second-order valence-electron chi connectivity index (χ2n) is 4.26. The van der Waals surface area contributed by atoms with Crippen molar-refractivity contribution in [3.8, 4) is 0 Å². The Morgan fingerprint density at radius 3 is 1.94 bits per heavy atom. The highest BCUT2D eigenvalue weighted by molar-refractivity contribution is 6.24. The summed E-state index contributed by atoms with van der Waals surface area (Å²) in [5, 5.41) is 0.0507. The molecule has 16 heavy (non-hydrogen) atoms. The van der Waals surface area contributed by atoms with Crippen molar-refractivity contribution >= 4 is 11.6 Å². The number of hydrogen-bond acceptors (Lipinski definition) is 0. The van der Waals surface area contributed by atoms with Crippen LogP contribution in [0.25, 0.3) is 0 Å². The molecule has 3 rings (SSSR count). The molecule has 0 heterocycles. The molecule has 0 saturated heterocycles. The van der Waals surface area contributed by atoms with Crippen LogP contribution in [0.5, 0.6) is 0 Å². The number of alkyl halides is 1. The van der Waals surface area contributed by atoms with Gasteiger partial charge >= 0.3 is 0 Å². The first-order chi connectivity index (χ1) is 7.86. The van der Waals surface area contributed by atoms with E-state index in [-0.39, 0.29) is 5.38 Å². The number of halogens is 1. The van der Waals surface area contributed by atoms with Crippen molar-refractivity contribution in [3.05, 3.63) is 71.9 Å². The van der Waals surface area contributed by atoms with Crippen molar-refractivity contribution in [2.24, 2.45) is 11.8 Å². The molecule has 0 aromatic rings. The van der Waals surface area contributed by atoms with Gasteiger partial charge in [0.25, 0.3) is 0 Å². The molecule has 0 saturated carbocycles. The van der Waals surface area contributed by atoms with E-state index in [2.05, 4.69) is 60.8 Å². The standard InChI is InChI=1S/C15H13Cl/c16-14-10-9-13(11-5-1-2-6-11)15(14)12-7-3-4-8-12/h1-12,14H. The third-order valence-corrected chi connectivity index (χ3v) is 3.67. The van der Waals surface area contributed by atoms with Crippen molar-refractivity contribution in [1.29, 1.82) is 0 Å². The molecule has 3 aliphatic rings. The Bertz CT molecular complexity index is 448. The Morgan fingerprint density at radius 2 is 1.31 bits per heavy atom. The van der Waals surface area contributed by atoms with Gasteiger partial charge in [-0.1, -0.05) is 60.8 Å². The largest absolute Gasteiger partial charge is 0.114 e. The van der Waals surface area contributed by atoms with Gasteiger partial charge in [-0.05, 0) is 11.1 Å². The zero-order valence-corrected chi connectivity index (χ0v) is 9.64. The number of rotatable bonds is 2. The van der Waals surface area contributed by atoms with Crippen LogP contribution in [0.3, 0.4) is 0 Å². The minimum absolute atomic E-state index is 0.0507. The fraction of sp³-hybridized carbons (Fsp3) is 0.200. The SMILES string of the molecule is ClC1C=CC(C2C=CC=C2)=C1C1C=CC=C1. The normalized spacial score (nSPS) is 28.2. The summed E-state index contributed by atoms with van der Waals surface area (Å²) >= 11 is 6.37. The average molecular weight is 229 g/mol. The van der Waals surface area contributed by atoms with Crippen LogP contribution < -0.4 is 0 Å². The molecule has 1 unspecified atom stereocenters. The summed E-state index contributed by atoms with van der Waals surface area (Å²) in [5.41, 5.74) is 2.71. The third-order valence-electron chi connectivity index (χ3n) is 3.29. The minimum Gasteiger partial charge on any atom is -0.114 e. The van der Waals surface area contributed by atoms with E-state index in [4.69, 9.17) is 11.6 Å². The topological polar surface area (TPSA) is 0 Å². The minimum atomic E-state index is 0.0507. The van der Waals surface area contributed by atoms with Gasteiger partial charge in [0.05, 0.1) is 5.38 Å². The van der Waals surface area contributed by atoms with Crippen molar-refractivity contribution < 1.29 is 0 Å². The lowest BCUT2D eigenvalue weighted by Crippen LogP contribution is -2.08. The molecule has 0 amide bonds. The number of hydrogen-bond donors (Lipinski definition) is 0. The van der Waals surface area contributed by atoms with E-state index in [1.165, 1.54) is 11.1 Å². The van der Waals surface area contributed by atoms with Crippen LogP contribution >= 0.6 is 11.6 Å².